The SMILES string of the molecule is C[C@@H]1[C@H](c2ccccc2)OC(=O)N1C(=O)C/C=C/c1ccccc1. The van der Waals surface area contributed by atoms with Gasteiger partial charge in [-0.1, -0.05) is 72.8 Å². The summed E-state index contributed by atoms with van der Waals surface area (Å²) in [6, 6.07) is 18.9. The van der Waals surface area contributed by atoms with E-state index >= 15 is 0 Å². The van der Waals surface area contributed by atoms with E-state index in [1.165, 1.54) is 4.90 Å². The Kier molecular flexibility index (Phi) is 4.75. The number of rotatable bonds is 4. The molecule has 24 heavy (non-hydrogen) atoms. The molecule has 1 heterocycles. The summed E-state index contributed by atoms with van der Waals surface area (Å²) >= 11 is 0. The maximum Gasteiger partial charge on any atom is 0.417 e. The average Bonchev–Trinajstić information content (AvgIpc) is 2.91. The summed E-state index contributed by atoms with van der Waals surface area (Å²) in [5.41, 5.74) is 1.91. The van der Waals surface area contributed by atoms with E-state index in [9.17, 15) is 9.59 Å². The number of benzene rings is 2. The van der Waals surface area contributed by atoms with Gasteiger partial charge < -0.3 is 4.74 Å². The van der Waals surface area contributed by atoms with Crippen molar-refractivity contribution in [3.05, 3.63) is 77.9 Å². The van der Waals surface area contributed by atoms with Gasteiger partial charge in [-0.05, 0) is 18.1 Å². The molecule has 0 bridgehead atoms. The maximum atomic E-state index is 12.4. The van der Waals surface area contributed by atoms with Gasteiger partial charge in [0.25, 0.3) is 0 Å². The molecular formula is C20H19NO3. The van der Waals surface area contributed by atoms with Gasteiger partial charge in [0.1, 0.15) is 6.10 Å². The van der Waals surface area contributed by atoms with Crippen LogP contribution in [0.5, 0.6) is 0 Å². The second-order valence-corrected chi connectivity index (χ2v) is 5.74. The van der Waals surface area contributed by atoms with Gasteiger partial charge in [-0.25, -0.2) is 9.69 Å². The lowest BCUT2D eigenvalue weighted by molar-refractivity contribution is -0.128. The zero-order chi connectivity index (χ0) is 16.9. The van der Waals surface area contributed by atoms with E-state index in [0.717, 1.165) is 11.1 Å². The van der Waals surface area contributed by atoms with Crippen LogP contribution in [0.3, 0.4) is 0 Å². The molecule has 2 aromatic rings. The van der Waals surface area contributed by atoms with Gasteiger partial charge in [0.2, 0.25) is 5.91 Å². The van der Waals surface area contributed by atoms with E-state index in [1.807, 2.05) is 73.7 Å². The highest BCUT2D eigenvalue weighted by Gasteiger charge is 2.42. The minimum atomic E-state index is -0.575. The fraction of sp³-hybridized carbons (Fsp3) is 0.200. The molecule has 4 heteroatoms. The molecule has 0 aromatic heterocycles. The monoisotopic (exact) mass is 321 g/mol. The van der Waals surface area contributed by atoms with Gasteiger partial charge >= 0.3 is 6.09 Å². The third kappa shape index (κ3) is 3.38. The van der Waals surface area contributed by atoms with E-state index < -0.39 is 12.2 Å². The van der Waals surface area contributed by atoms with Gasteiger partial charge in [-0.2, -0.15) is 0 Å². The van der Waals surface area contributed by atoms with E-state index in [1.54, 1.807) is 6.08 Å². The molecular weight excluding hydrogens is 302 g/mol. The Morgan fingerprint density at radius 2 is 1.71 bits per heavy atom. The summed E-state index contributed by atoms with van der Waals surface area (Å²) in [7, 11) is 0. The van der Waals surface area contributed by atoms with Gasteiger partial charge in [-0.3, -0.25) is 4.79 Å². The largest absolute Gasteiger partial charge is 0.439 e. The first-order chi connectivity index (χ1) is 11.7. The van der Waals surface area contributed by atoms with Crippen molar-refractivity contribution in [1.29, 1.82) is 0 Å². The Balaban J connectivity index is 1.66. The Morgan fingerprint density at radius 1 is 1.08 bits per heavy atom. The van der Waals surface area contributed by atoms with Crippen LogP contribution < -0.4 is 0 Å². The topological polar surface area (TPSA) is 46.6 Å². The van der Waals surface area contributed by atoms with E-state index in [0.29, 0.717) is 0 Å². The Morgan fingerprint density at radius 3 is 2.38 bits per heavy atom. The first-order valence-corrected chi connectivity index (χ1v) is 7.96. The number of hydrogen-bond acceptors (Lipinski definition) is 3. The van der Waals surface area contributed by atoms with Crippen molar-refractivity contribution in [3.63, 3.8) is 0 Å². The summed E-state index contributed by atoms with van der Waals surface area (Å²) in [6.07, 6.45) is 2.82. The Labute approximate surface area is 141 Å². The van der Waals surface area contributed by atoms with Crippen molar-refractivity contribution in [2.24, 2.45) is 0 Å². The fourth-order valence-electron chi connectivity index (χ4n) is 2.84. The molecule has 1 fully saturated rings. The Bertz CT molecular complexity index is 740. The van der Waals surface area contributed by atoms with E-state index in [-0.39, 0.29) is 18.4 Å². The van der Waals surface area contributed by atoms with E-state index in [2.05, 4.69) is 0 Å². The lowest BCUT2D eigenvalue weighted by Crippen LogP contribution is -2.37. The molecule has 2 amide bonds. The molecule has 1 saturated heterocycles. The van der Waals surface area contributed by atoms with Crippen LogP contribution in [0.15, 0.2) is 66.7 Å². The summed E-state index contributed by atoms with van der Waals surface area (Å²) in [5.74, 6) is -0.252. The molecule has 2 atom stereocenters. The minimum absolute atomic E-state index is 0.163. The van der Waals surface area contributed by atoms with Crippen molar-refractivity contribution in [2.75, 3.05) is 0 Å². The zero-order valence-corrected chi connectivity index (χ0v) is 13.5. The molecule has 2 aromatic carbocycles. The molecule has 0 radical (unpaired) electrons. The molecule has 3 rings (SSSR count). The quantitative estimate of drug-likeness (QED) is 0.848. The summed E-state index contributed by atoms with van der Waals surface area (Å²) < 4.78 is 5.40. The molecule has 0 N–H and O–H groups in total. The average molecular weight is 321 g/mol. The number of hydrogen-bond donors (Lipinski definition) is 0. The van der Waals surface area contributed by atoms with Crippen LogP contribution in [0.1, 0.15) is 30.6 Å². The first kappa shape index (κ1) is 16.0. The van der Waals surface area contributed by atoms with E-state index in [4.69, 9.17) is 4.74 Å². The van der Waals surface area contributed by atoms with Crippen LogP contribution in [-0.2, 0) is 9.53 Å². The normalized spacial score (nSPS) is 20.4. The predicted molar refractivity (Wildman–Crippen MR) is 92.1 cm³/mol. The maximum absolute atomic E-state index is 12.4. The number of cyclic esters (lactones) is 1. The van der Waals surface area contributed by atoms with Gasteiger partial charge in [-0.15, -0.1) is 0 Å². The lowest BCUT2D eigenvalue weighted by Gasteiger charge is -2.18. The smallest absolute Gasteiger partial charge is 0.417 e. The number of nitrogens with zero attached hydrogens (tertiary/aromatic N) is 1. The summed E-state index contributed by atoms with van der Waals surface area (Å²) in [4.78, 5) is 25.7. The van der Waals surface area contributed by atoms with Gasteiger partial charge in [0.15, 0.2) is 0 Å². The Hall–Kier alpha value is -2.88. The van der Waals surface area contributed by atoms with Gasteiger partial charge in [0.05, 0.1) is 6.04 Å². The van der Waals surface area contributed by atoms with Crippen molar-refractivity contribution in [1.82, 2.24) is 4.90 Å². The van der Waals surface area contributed by atoms with Crippen LogP contribution in [0.4, 0.5) is 4.79 Å². The number of carbonyl (C=O) groups is 2. The summed E-state index contributed by atoms with van der Waals surface area (Å²) in [6.45, 7) is 1.83. The molecule has 0 aliphatic carbocycles. The minimum Gasteiger partial charge on any atom is -0.439 e. The van der Waals surface area contributed by atoms with Crippen molar-refractivity contribution < 1.29 is 14.3 Å². The number of imide groups is 1. The van der Waals surface area contributed by atoms with Crippen LogP contribution in [0.2, 0.25) is 0 Å². The second kappa shape index (κ2) is 7.13. The highest BCUT2D eigenvalue weighted by molar-refractivity contribution is 5.94. The second-order valence-electron chi connectivity index (χ2n) is 5.74. The van der Waals surface area contributed by atoms with Gasteiger partial charge in [0, 0.05) is 6.42 Å². The highest BCUT2D eigenvalue weighted by atomic mass is 16.6. The number of ether oxygens (including phenoxy) is 1. The third-order valence-corrected chi connectivity index (χ3v) is 4.07. The number of amides is 2. The van der Waals surface area contributed by atoms with Crippen LogP contribution >= 0.6 is 0 Å². The molecule has 0 saturated carbocycles. The standard InChI is InChI=1S/C20H19NO3/c1-15-19(17-12-6-3-7-13-17)24-20(23)21(15)18(22)14-8-11-16-9-4-2-5-10-16/h2-13,15,19H,14H2,1H3/b11-8+/t15-,19-/m1/s1. The molecule has 122 valence electrons. The predicted octanol–water partition coefficient (Wildman–Crippen LogP) is 4.20. The number of carbonyl (C=O) groups excluding carboxylic acids is 2. The highest BCUT2D eigenvalue weighted by Crippen LogP contribution is 2.32. The molecule has 4 nitrogen and oxygen atoms in total. The van der Waals surface area contributed by atoms with Crippen LogP contribution in [0, 0.1) is 0 Å². The van der Waals surface area contributed by atoms with Crippen LogP contribution in [0.25, 0.3) is 6.08 Å². The van der Waals surface area contributed by atoms with Crippen LogP contribution in [-0.4, -0.2) is 22.9 Å². The molecule has 0 unspecified atom stereocenters. The van der Waals surface area contributed by atoms with Crippen molar-refractivity contribution in [3.8, 4) is 0 Å². The first-order valence-electron chi connectivity index (χ1n) is 7.96. The fourth-order valence-corrected chi connectivity index (χ4v) is 2.84. The zero-order valence-electron chi connectivity index (χ0n) is 13.5. The molecule has 1 aliphatic rings. The lowest BCUT2D eigenvalue weighted by atomic mass is 10.0. The van der Waals surface area contributed by atoms with Crippen molar-refractivity contribution >= 4 is 18.1 Å². The van der Waals surface area contributed by atoms with Crippen molar-refractivity contribution in [2.45, 2.75) is 25.5 Å². The molecule has 1 aliphatic heterocycles. The third-order valence-electron chi connectivity index (χ3n) is 4.07. The molecule has 0 spiro atoms. The summed E-state index contributed by atoms with van der Waals surface area (Å²) in [5, 5.41) is 0.